The number of hydrogen-bond donors (Lipinski definition) is 3. The topological polar surface area (TPSA) is 106 Å². The number of fused-ring (bicyclic) bond motifs is 4. The largest absolute Gasteiger partial charge is 0.491 e. The number of ether oxygens (including phenoxy) is 1. The summed E-state index contributed by atoms with van der Waals surface area (Å²) in [6.45, 7) is 3.74. The smallest absolute Gasteiger partial charge is 0.195 e. The minimum atomic E-state index is -0.957. The molecule has 1 aromatic heterocycles. The maximum atomic E-state index is 13.5. The lowest BCUT2D eigenvalue weighted by molar-refractivity contribution is 0.0535. The van der Waals surface area contributed by atoms with Crippen LogP contribution in [-0.2, 0) is 5.41 Å². The van der Waals surface area contributed by atoms with Gasteiger partial charge in [0.15, 0.2) is 5.78 Å². The Morgan fingerprint density at radius 3 is 2.74 bits per heavy atom. The molecule has 2 aliphatic carbocycles. The Kier molecular flexibility index (Phi) is 4.44. The summed E-state index contributed by atoms with van der Waals surface area (Å²) in [4.78, 5) is 17.1. The molecule has 0 aliphatic heterocycles. The normalized spacial score (nSPS) is 17.7. The third-order valence-electron chi connectivity index (χ3n) is 6.54. The fraction of sp³-hybridized carbons (Fsp3) is 0.360. The molecule has 1 heterocycles. The molecule has 6 nitrogen and oxygen atoms in total. The van der Waals surface area contributed by atoms with Crippen LogP contribution in [0, 0.1) is 11.3 Å². The van der Waals surface area contributed by atoms with Crippen molar-refractivity contribution in [2.75, 3.05) is 13.2 Å². The zero-order valence-corrected chi connectivity index (χ0v) is 17.5. The number of H-pyrrole nitrogens is 1. The van der Waals surface area contributed by atoms with E-state index in [9.17, 15) is 15.2 Å². The van der Waals surface area contributed by atoms with E-state index in [4.69, 9.17) is 9.84 Å². The summed E-state index contributed by atoms with van der Waals surface area (Å²) in [6.07, 6.45) is 1.17. The number of rotatable bonds is 5. The molecule has 2 aliphatic rings. The molecule has 31 heavy (non-hydrogen) atoms. The number of aliphatic hydroxyl groups excluding tert-OH is 2. The second-order valence-electron chi connectivity index (χ2n) is 9.02. The van der Waals surface area contributed by atoms with Crippen LogP contribution >= 0.6 is 0 Å². The Balaban J connectivity index is 1.66. The Labute approximate surface area is 180 Å². The van der Waals surface area contributed by atoms with Crippen LogP contribution < -0.4 is 4.74 Å². The van der Waals surface area contributed by atoms with Crippen LogP contribution in [0.5, 0.6) is 5.75 Å². The first-order valence-electron chi connectivity index (χ1n) is 10.6. The van der Waals surface area contributed by atoms with E-state index < -0.39 is 11.5 Å². The van der Waals surface area contributed by atoms with Gasteiger partial charge in [-0.2, -0.15) is 5.26 Å². The Hall–Kier alpha value is -3.14. The van der Waals surface area contributed by atoms with Gasteiger partial charge in [0.05, 0.1) is 29.3 Å². The molecule has 0 spiro atoms. The molecular weight excluding hydrogens is 392 g/mol. The molecule has 1 atom stereocenters. The van der Waals surface area contributed by atoms with Gasteiger partial charge in [-0.15, -0.1) is 0 Å². The average Bonchev–Trinajstić information content (AvgIpc) is 3.53. The molecule has 158 valence electrons. The summed E-state index contributed by atoms with van der Waals surface area (Å²) in [5, 5.41) is 29.1. The van der Waals surface area contributed by atoms with Gasteiger partial charge in [-0.05, 0) is 54.2 Å². The molecular formula is C25H24N2O4. The predicted molar refractivity (Wildman–Crippen MR) is 116 cm³/mol. The maximum absolute atomic E-state index is 13.5. The maximum Gasteiger partial charge on any atom is 0.195 e. The van der Waals surface area contributed by atoms with Crippen LogP contribution in [0.4, 0.5) is 0 Å². The fourth-order valence-electron chi connectivity index (χ4n) is 4.73. The Morgan fingerprint density at radius 1 is 1.29 bits per heavy atom. The lowest BCUT2D eigenvalue weighted by Gasteiger charge is -2.32. The molecule has 6 heteroatoms. The fourth-order valence-corrected chi connectivity index (χ4v) is 4.73. The summed E-state index contributed by atoms with van der Waals surface area (Å²) in [6, 6.07) is 11.4. The number of aliphatic hydroxyl groups is 2. The van der Waals surface area contributed by atoms with E-state index in [2.05, 4.69) is 24.9 Å². The number of carbonyl (C=O) groups is 1. The summed E-state index contributed by atoms with van der Waals surface area (Å²) >= 11 is 0. The third kappa shape index (κ3) is 2.96. The summed E-state index contributed by atoms with van der Waals surface area (Å²) < 4.78 is 5.62. The molecule has 5 rings (SSSR count). The quantitative estimate of drug-likeness (QED) is 0.590. The van der Waals surface area contributed by atoms with E-state index in [0.717, 1.165) is 40.6 Å². The number of benzene rings is 2. The monoisotopic (exact) mass is 416 g/mol. The molecule has 0 radical (unpaired) electrons. The van der Waals surface area contributed by atoms with Crippen LogP contribution in [0.25, 0.3) is 10.9 Å². The number of carbonyl (C=O) groups excluding carboxylic acids is 1. The summed E-state index contributed by atoms with van der Waals surface area (Å²) in [7, 11) is 0. The molecule has 2 aromatic carbocycles. The van der Waals surface area contributed by atoms with Gasteiger partial charge < -0.3 is 19.9 Å². The van der Waals surface area contributed by atoms with Gasteiger partial charge in [-0.3, -0.25) is 4.79 Å². The molecule has 0 bridgehead atoms. The number of nitrogens with zero attached hydrogens (tertiary/aromatic N) is 1. The molecule has 3 N–H and O–H groups in total. The van der Waals surface area contributed by atoms with Crippen LogP contribution in [0.15, 0.2) is 30.3 Å². The molecule has 0 amide bonds. The van der Waals surface area contributed by atoms with Gasteiger partial charge >= 0.3 is 0 Å². The van der Waals surface area contributed by atoms with Crippen molar-refractivity contribution in [3.63, 3.8) is 0 Å². The second-order valence-corrected chi connectivity index (χ2v) is 9.02. The minimum absolute atomic E-state index is 0.0248. The number of hydrogen-bond acceptors (Lipinski definition) is 5. The summed E-state index contributed by atoms with van der Waals surface area (Å²) in [5.41, 5.74) is 5.14. The lowest BCUT2D eigenvalue weighted by atomic mass is 9.71. The van der Waals surface area contributed by atoms with Crippen molar-refractivity contribution >= 4 is 16.7 Å². The van der Waals surface area contributed by atoms with Crippen LogP contribution in [0.2, 0.25) is 0 Å². The van der Waals surface area contributed by atoms with E-state index in [1.54, 1.807) is 12.1 Å². The van der Waals surface area contributed by atoms with Gasteiger partial charge in [0.2, 0.25) is 0 Å². The first-order valence-corrected chi connectivity index (χ1v) is 10.6. The van der Waals surface area contributed by atoms with Crippen molar-refractivity contribution in [3.8, 4) is 11.8 Å². The van der Waals surface area contributed by atoms with Crippen molar-refractivity contribution in [1.29, 1.82) is 5.26 Å². The van der Waals surface area contributed by atoms with Crippen molar-refractivity contribution in [3.05, 3.63) is 63.8 Å². The predicted octanol–water partition coefficient (Wildman–Crippen LogP) is 3.52. The standard InChI is InChI=1S/C25H24N2O4/c1-25(2)19-9-16(31-12-15(29)11-28)6-8-17(19)23(30)21-18-7-5-14(10-26)20(13-3-4-13)22(18)27-24(21)25/h5-9,13,15,27-29H,3-4,11-12H2,1-2H3. The van der Waals surface area contributed by atoms with Crippen LogP contribution in [0.3, 0.4) is 0 Å². The third-order valence-corrected chi connectivity index (χ3v) is 6.54. The number of nitriles is 1. The van der Waals surface area contributed by atoms with Crippen molar-refractivity contribution in [2.45, 2.75) is 44.1 Å². The van der Waals surface area contributed by atoms with E-state index in [1.807, 2.05) is 18.2 Å². The Bertz CT molecular complexity index is 1260. The second kappa shape index (κ2) is 6.94. The zero-order chi connectivity index (χ0) is 21.9. The van der Waals surface area contributed by atoms with Gasteiger partial charge in [0.1, 0.15) is 18.5 Å². The van der Waals surface area contributed by atoms with Gasteiger partial charge in [-0.25, -0.2) is 0 Å². The van der Waals surface area contributed by atoms with Gasteiger partial charge in [0, 0.05) is 22.1 Å². The van der Waals surface area contributed by atoms with Crippen molar-refractivity contribution in [2.24, 2.45) is 0 Å². The minimum Gasteiger partial charge on any atom is -0.491 e. The van der Waals surface area contributed by atoms with Crippen molar-refractivity contribution in [1.82, 2.24) is 4.98 Å². The van der Waals surface area contributed by atoms with E-state index in [-0.39, 0.29) is 19.0 Å². The zero-order valence-electron chi connectivity index (χ0n) is 17.5. The van der Waals surface area contributed by atoms with E-state index in [0.29, 0.717) is 28.4 Å². The van der Waals surface area contributed by atoms with Gasteiger partial charge in [0.25, 0.3) is 0 Å². The number of ketones is 1. The van der Waals surface area contributed by atoms with Gasteiger partial charge in [-0.1, -0.05) is 19.9 Å². The van der Waals surface area contributed by atoms with Crippen molar-refractivity contribution < 1.29 is 19.7 Å². The molecule has 1 saturated carbocycles. The molecule has 0 saturated heterocycles. The van der Waals surface area contributed by atoms with E-state index in [1.165, 1.54) is 0 Å². The average molecular weight is 416 g/mol. The summed E-state index contributed by atoms with van der Waals surface area (Å²) in [5.74, 6) is 0.873. The molecule has 1 unspecified atom stereocenters. The number of aromatic amines is 1. The molecule has 3 aromatic rings. The molecule has 1 fully saturated rings. The van der Waals surface area contributed by atoms with Crippen LogP contribution in [0.1, 0.15) is 70.9 Å². The highest BCUT2D eigenvalue weighted by atomic mass is 16.5. The van der Waals surface area contributed by atoms with E-state index >= 15 is 0 Å². The highest BCUT2D eigenvalue weighted by molar-refractivity contribution is 6.20. The lowest BCUT2D eigenvalue weighted by Crippen LogP contribution is -2.30. The first-order chi connectivity index (χ1) is 14.9. The first kappa shape index (κ1) is 19.8. The number of aromatic nitrogens is 1. The SMILES string of the molecule is CC1(C)c2cc(OCC(O)CO)ccc2C(=O)c2c1[nH]c1c(C3CC3)c(C#N)ccc21. The highest BCUT2D eigenvalue weighted by Crippen LogP contribution is 2.49. The van der Waals surface area contributed by atoms with Crippen LogP contribution in [-0.4, -0.2) is 40.3 Å². The Morgan fingerprint density at radius 2 is 2.06 bits per heavy atom. The number of nitrogens with one attached hydrogen (secondary N) is 1. The highest BCUT2D eigenvalue weighted by Gasteiger charge is 2.41.